The third-order valence-corrected chi connectivity index (χ3v) is 2.61. The van der Waals surface area contributed by atoms with E-state index in [0.29, 0.717) is 6.54 Å². The number of anilines is 1. The Balaban J connectivity index is 2.78. The molecule has 0 fully saturated rings. The molecule has 0 aromatic carbocycles. The minimum Gasteiger partial charge on any atom is -0.389 e. The zero-order chi connectivity index (χ0) is 12.3. The molecule has 90 valence electrons. The van der Waals surface area contributed by atoms with Crippen molar-refractivity contribution in [1.82, 2.24) is 15.1 Å². The molecular formula is C9H16N4O2S. The van der Waals surface area contributed by atoms with Gasteiger partial charge in [-0.25, -0.2) is 0 Å². The second-order valence-corrected chi connectivity index (χ2v) is 5.09. The van der Waals surface area contributed by atoms with Crippen molar-refractivity contribution in [2.45, 2.75) is 26.4 Å². The van der Waals surface area contributed by atoms with Gasteiger partial charge in [-0.1, -0.05) is 11.3 Å². The van der Waals surface area contributed by atoms with Crippen LogP contribution in [0.3, 0.4) is 0 Å². The number of hydrogen-bond donors (Lipinski definition) is 2. The van der Waals surface area contributed by atoms with E-state index in [4.69, 9.17) is 5.73 Å². The van der Waals surface area contributed by atoms with E-state index in [1.165, 1.54) is 4.90 Å². The van der Waals surface area contributed by atoms with Crippen LogP contribution in [0.25, 0.3) is 0 Å². The summed E-state index contributed by atoms with van der Waals surface area (Å²) in [6, 6.07) is 0. The first-order valence-electron chi connectivity index (χ1n) is 4.94. The lowest BCUT2D eigenvalue weighted by molar-refractivity contribution is 0.0314. The van der Waals surface area contributed by atoms with Crippen molar-refractivity contribution in [1.29, 1.82) is 0 Å². The third kappa shape index (κ3) is 3.42. The topological polar surface area (TPSA) is 92.3 Å². The Labute approximate surface area is 98.1 Å². The summed E-state index contributed by atoms with van der Waals surface area (Å²) in [4.78, 5) is 13.4. The quantitative estimate of drug-likeness (QED) is 0.797. The molecule has 0 unspecified atom stereocenters. The fourth-order valence-electron chi connectivity index (χ4n) is 1.25. The van der Waals surface area contributed by atoms with Crippen LogP contribution in [0.4, 0.5) is 5.13 Å². The molecule has 0 bridgehead atoms. The number of aromatic nitrogens is 2. The van der Waals surface area contributed by atoms with Gasteiger partial charge in [-0.3, -0.25) is 4.79 Å². The van der Waals surface area contributed by atoms with Crippen molar-refractivity contribution in [3.05, 3.63) is 5.01 Å². The Morgan fingerprint density at radius 3 is 2.56 bits per heavy atom. The van der Waals surface area contributed by atoms with Crippen LogP contribution in [0.5, 0.6) is 0 Å². The SMILES string of the molecule is CCN(CC(C)(C)O)C(=O)c1nnc(N)s1. The molecule has 6 nitrogen and oxygen atoms in total. The first-order valence-corrected chi connectivity index (χ1v) is 5.76. The van der Waals surface area contributed by atoms with E-state index in [9.17, 15) is 9.90 Å². The first-order chi connectivity index (χ1) is 7.33. The van der Waals surface area contributed by atoms with Gasteiger partial charge in [0.05, 0.1) is 5.60 Å². The predicted octanol–water partition coefficient (Wildman–Crippen LogP) is 0.353. The average molecular weight is 244 g/mol. The minimum absolute atomic E-state index is 0.251. The second-order valence-electron chi connectivity index (χ2n) is 4.08. The molecule has 1 rings (SSSR count). The molecule has 0 aliphatic carbocycles. The molecule has 0 aliphatic heterocycles. The summed E-state index contributed by atoms with van der Waals surface area (Å²) in [6.07, 6.45) is 0. The summed E-state index contributed by atoms with van der Waals surface area (Å²) < 4.78 is 0. The Bertz CT molecular complexity index is 372. The van der Waals surface area contributed by atoms with Gasteiger partial charge < -0.3 is 15.7 Å². The van der Waals surface area contributed by atoms with Gasteiger partial charge in [0.1, 0.15) is 0 Å². The number of carbonyl (C=O) groups excluding carboxylic acids is 1. The molecule has 1 amide bonds. The van der Waals surface area contributed by atoms with Crippen molar-refractivity contribution in [2.75, 3.05) is 18.8 Å². The summed E-state index contributed by atoms with van der Waals surface area (Å²) in [7, 11) is 0. The molecule has 7 heteroatoms. The highest BCUT2D eigenvalue weighted by Gasteiger charge is 2.24. The number of nitrogens with two attached hydrogens (primary N) is 1. The summed E-state index contributed by atoms with van der Waals surface area (Å²) in [5.41, 5.74) is 4.48. The van der Waals surface area contributed by atoms with E-state index in [-0.39, 0.29) is 22.6 Å². The number of aliphatic hydroxyl groups is 1. The maximum atomic E-state index is 11.9. The van der Waals surface area contributed by atoms with E-state index in [0.717, 1.165) is 11.3 Å². The van der Waals surface area contributed by atoms with Gasteiger partial charge in [-0.05, 0) is 20.8 Å². The number of amides is 1. The van der Waals surface area contributed by atoms with Crippen LogP contribution in [0.2, 0.25) is 0 Å². The standard InChI is InChI=1S/C9H16N4O2S/c1-4-13(5-9(2,3)15)7(14)6-11-12-8(10)16-6/h15H,4-5H2,1-3H3,(H2,10,12). The normalized spacial score (nSPS) is 11.5. The Morgan fingerprint density at radius 2 is 2.19 bits per heavy atom. The largest absolute Gasteiger partial charge is 0.389 e. The molecule has 3 N–H and O–H groups in total. The van der Waals surface area contributed by atoms with Crippen molar-refractivity contribution in [3.8, 4) is 0 Å². The van der Waals surface area contributed by atoms with E-state index in [1.807, 2.05) is 6.92 Å². The highest BCUT2D eigenvalue weighted by atomic mass is 32.1. The number of nitrogen functional groups attached to an aromatic ring is 1. The summed E-state index contributed by atoms with van der Waals surface area (Å²) in [5, 5.41) is 17.5. The van der Waals surface area contributed by atoms with Crippen molar-refractivity contribution >= 4 is 22.4 Å². The molecule has 1 heterocycles. The maximum absolute atomic E-state index is 11.9. The lowest BCUT2D eigenvalue weighted by Gasteiger charge is -2.27. The van der Waals surface area contributed by atoms with E-state index in [2.05, 4.69) is 10.2 Å². The molecular weight excluding hydrogens is 228 g/mol. The van der Waals surface area contributed by atoms with E-state index >= 15 is 0 Å². The lowest BCUT2D eigenvalue weighted by atomic mass is 10.1. The lowest BCUT2D eigenvalue weighted by Crippen LogP contribution is -2.42. The van der Waals surface area contributed by atoms with Gasteiger partial charge in [0, 0.05) is 13.1 Å². The number of likely N-dealkylation sites (N-methyl/N-ethyl adjacent to an activating group) is 1. The van der Waals surface area contributed by atoms with Crippen molar-refractivity contribution in [2.24, 2.45) is 0 Å². The van der Waals surface area contributed by atoms with Crippen LogP contribution in [0.15, 0.2) is 0 Å². The average Bonchev–Trinajstić information content (AvgIpc) is 2.58. The monoisotopic (exact) mass is 244 g/mol. The molecule has 1 aromatic heterocycles. The number of hydrogen-bond acceptors (Lipinski definition) is 6. The fourth-order valence-corrected chi connectivity index (χ4v) is 1.83. The molecule has 0 atom stereocenters. The Kier molecular flexibility index (Phi) is 3.82. The summed E-state index contributed by atoms with van der Waals surface area (Å²) in [5.74, 6) is -0.251. The minimum atomic E-state index is -0.929. The van der Waals surface area contributed by atoms with Crippen LogP contribution >= 0.6 is 11.3 Å². The van der Waals surface area contributed by atoms with Gasteiger partial charge in [0.2, 0.25) is 10.1 Å². The highest BCUT2D eigenvalue weighted by Crippen LogP contribution is 2.15. The smallest absolute Gasteiger partial charge is 0.284 e. The van der Waals surface area contributed by atoms with Crippen LogP contribution < -0.4 is 5.73 Å². The van der Waals surface area contributed by atoms with Crippen molar-refractivity contribution < 1.29 is 9.90 Å². The molecule has 0 spiro atoms. The highest BCUT2D eigenvalue weighted by molar-refractivity contribution is 7.16. The van der Waals surface area contributed by atoms with E-state index < -0.39 is 5.60 Å². The molecule has 1 aromatic rings. The van der Waals surface area contributed by atoms with Crippen LogP contribution in [-0.4, -0.2) is 44.8 Å². The molecule has 0 radical (unpaired) electrons. The molecule has 0 saturated carbocycles. The van der Waals surface area contributed by atoms with Gasteiger partial charge >= 0.3 is 0 Å². The van der Waals surface area contributed by atoms with Crippen LogP contribution in [0.1, 0.15) is 30.6 Å². The first kappa shape index (κ1) is 12.9. The number of nitrogens with zero attached hydrogens (tertiary/aromatic N) is 3. The number of carbonyl (C=O) groups is 1. The Hall–Kier alpha value is -1.21. The van der Waals surface area contributed by atoms with Gasteiger partial charge in [0.25, 0.3) is 5.91 Å². The molecule has 0 saturated heterocycles. The molecule has 0 aliphatic rings. The Morgan fingerprint density at radius 1 is 1.56 bits per heavy atom. The fraction of sp³-hybridized carbons (Fsp3) is 0.667. The predicted molar refractivity (Wildman–Crippen MR) is 62.2 cm³/mol. The van der Waals surface area contributed by atoms with Crippen LogP contribution in [0, 0.1) is 0 Å². The number of rotatable bonds is 4. The van der Waals surface area contributed by atoms with Gasteiger partial charge in [-0.15, -0.1) is 10.2 Å². The van der Waals surface area contributed by atoms with Gasteiger partial charge in [-0.2, -0.15) is 0 Å². The molecule has 16 heavy (non-hydrogen) atoms. The zero-order valence-corrected chi connectivity index (χ0v) is 10.4. The summed E-state index contributed by atoms with van der Waals surface area (Å²) >= 11 is 1.05. The third-order valence-electron chi connectivity index (χ3n) is 1.87. The van der Waals surface area contributed by atoms with Gasteiger partial charge in [0.15, 0.2) is 0 Å². The zero-order valence-electron chi connectivity index (χ0n) is 9.60. The summed E-state index contributed by atoms with van der Waals surface area (Å²) in [6.45, 7) is 5.90. The maximum Gasteiger partial charge on any atom is 0.284 e. The van der Waals surface area contributed by atoms with Crippen LogP contribution in [-0.2, 0) is 0 Å². The second kappa shape index (κ2) is 4.75. The van der Waals surface area contributed by atoms with Crippen molar-refractivity contribution in [3.63, 3.8) is 0 Å². The van der Waals surface area contributed by atoms with E-state index in [1.54, 1.807) is 13.8 Å².